The van der Waals surface area contributed by atoms with Crippen molar-refractivity contribution in [3.05, 3.63) is 65.7 Å². The smallest absolute Gasteiger partial charge is 0.209 e. The number of nitrogens with zero attached hydrogens (tertiary/aromatic N) is 2. The van der Waals surface area contributed by atoms with Crippen LogP contribution in [-0.2, 0) is 16.1 Å². The molecule has 1 heterocycles. The standard InChI is InChI=1S/C21H23N3O3S/c1-15(19(25)17-6-4-3-5-7-17)28-21-22-20(23-24-21)18-10-8-16(9-11-18)14-27-13-12-26-2/h3-11,15H,12-14H2,1-2H3,(H,22,23,24). The summed E-state index contributed by atoms with van der Waals surface area (Å²) in [7, 11) is 1.65. The van der Waals surface area contributed by atoms with Gasteiger partial charge in [0.2, 0.25) is 5.16 Å². The van der Waals surface area contributed by atoms with Crippen molar-refractivity contribution in [3.63, 3.8) is 0 Å². The summed E-state index contributed by atoms with van der Waals surface area (Å²) in [6, 6.07) is 17.2. The minimum absolute atomic E-state index is 0.0646. The quantitative estimate of drug-likeness (QED) is 0.317. The maximum Gasteiger partial charge on any atom is 0.209 e. The number of hydrogen-bond donors (Lipinski definition) is 1. The molecular weight excluding hydrogens is 374 g/mol. The Hall–Kier alpha value is -2.48. The van der Waals surface area contributed by atoms with Gasteiger partial charge in [0, 0.05) is 18.2 Å². The molecule has 1 unspecified atom stereocenters. The van der Waals surface area contributed by atoms with E-state index in [1.165, 1.54) is 11.8 Å². The van der Waals surface area contributed by atoms with Gasteiger partial charge in [-0.05, 0) is 12.5 Å². The van der Waals surface area contributed by atoms with Crippen molar-refractivity contribution in [1.29, 1.82) is 0 Å². The van der Waals surface area contributed by atoms with Gasteiger partial charge in [-0.3, -0.25) is 9.89 Å². The number of thioether (sulfide) groups is 1. The van der Waals surface area contributed by atoms with Crippen molar-refractivity contribution in [2.75, 3.05) is 20.3 Å². The summed E-state index contributed by atoms with van der Waals surface area (Å²) in [6.45, 7) is 3.57. The third-order valence-electron chi connectivity index (χ3n) is 4.10. The molecule has 0 amide bonds. The molecule has 0 aliphatic carbocycles. The Labute approximate surface area is 168 Å². The number of hydrogen-bond acceptors (Lipinski definition) is 6. The Bertz CT molecular complexity index is 881. The Balaban J connectivity index is 1.58. The lowest BCUT2D eigenvalue weighted by Gasteiger charge is -2.07. The van der Waals surface area contributed by atoms with Gasteiger partial charge in [0.1, 0.15) is 0 Å². The molecule has 1 atom stereocenters. The number of Topliss-reactive ketones (excluding diaryl/α,β-unsaturated/α-hetero) is 1. The van der Waals surface area contributed by atoms with E-state index >= 15 is 0 Å². The zero-order chi connectivity index (χ0) is 19.8. The number of aromatic nitrogens is 3. The molecule has 0 aliphatic heterocycles. The van der Waals surface area contributed by atoms with Gasteiger partial charge in [0.05, 0.1) is 25.1 Å². The third-order valence-corrected chi connectivity index (χ3v) is 5.06. The highest BCUT2D eigenvalue weighted by Gasteiger charge is 2.18. The van der Waals surface area contributed by atoms with Gasteiger partial charge < -0.3 is 9.47 Å². The monoisotopic (exact) mass is 397 g/mol. The average molecular weight is 398 g/mol. The highest BCUT2D eigenvalue weighted by molar-refractivity contribution is 8.00. The topological polar surface area (TPSA) is 77.1 Å². The average Bonchev–Trinajstić information content (AvgIpc) is 3.20. The first-order valence-corrected chi connectivity index (χ1v) is 9.89. The van der Waals surface area contributed by atoms with Crippen molar-refractivity contribution < 1.29 is 14.3 Å². The highest BCUT2D eigenvalue weighted by Crippen LogP contribution is 2.25. The maximum absolute atomic E-state index is 12.5. The number of rotatable bonds is 10. The molecule has 0 aliphatic rings. The van der Waals surface area contributed by atoms with E-state index in [9.17, 15) is 4.79 Å². The largest absolute Gasteiger partial charge is 0.382 e. The molecule has 6 nitrogen and oxygen atoms in total. The number of nitrogens with one attached hydrogen (secondary N) is 1. The molecule has 0 spiro atoms. The molecule has 0 bridgehead atoms. The van der Waals surface area contributed by atoms with Crippen LogP contribution >= 0.6 is 11.8 Å². The molecular formula is C21H23N3O3S. The Morgan fingerprint density at radius 1 is 1.11 bits per heavy atom. The summed E-state index contributed by atoms with van der Waals surface area (Å²) in [6.07, 6.45) is 0. The van der Waals surface area contributed by atoms with Crippen molar-refractivity contribution >= 4 is 17.5 Å². The van der Waals surface area contributed by atoms with Crippen molar-refractivity contribution in [2.45, 2.75) is 23.9 Å². The highest BCUT2D eigenvalue weighted by atomic mass is 32.2. The van der Waals surface area contributed by atoms with E-state index in [2.05, 4.69) is 15.2 Å². The fourth-order valence-corrected chi connectivity index (χ4v) is 3.37. The number of ketones is 1. The van der Waals surface area contributed by atoms with Crippen LogP contribution in [0.4, 0.5) is 0 Å². The van der Waals surface area contributed by atoms with E-state index in [1.54, 1.807) is 7.11 Å². The van der Waals surface area contributed by atoms with Crippen LogP contribution in [-0.4, -0.2) is 46.5 Å². The van der Waals surface area contributed by atoms with Crippen LogP contribution in [0.5, 0.6) is 0 Å². The molecule has 0 saturated heterocycles. The molecule has 7 heteroatoms. The summed E-state index contributed by atoms with van der Waals surface area (Å²) in [4.78, 5) is 17.0. The fourth-order valence-electron chi connectivity index (χ4n) is 2.57. The number of H-pyrrole nitrogens is 1. The number of carbonyl (C=O) groups is 1. The Morgan fingerprint density at radius 3 is 2.57 bits per heavy atom. The summed E-state index contributed by atoms with van der Waals surface area (Å²) >= 11 is 1.35. The van der Waals surface area contributed by atoms with E-state index < -0.39 is 0 Å². The Kier molecular flexibility index (Phi) is 7.36. The molecule has 1 aromatic heterocycles. The summed E-state index contributed by atoms with van der Waals surface area (Å²) < 4.78 is 10.5. The summed E-state index contributed by atoms with van der Waals surface area (Å²) in [5.74, 6) is 0.739. The first-order chi connectivity index (χ1) is 13.7. The minimum Gasteiger partial charge on any atom is -0.382 e. The van der Waals surface area contributed by atoms with Crippen LogP contribution in [0.15, 0.2) is 59.8 Å². The summed E-state index contributed by atoms with van der Waals surface area (Å²) in [5, 5.41) is 7.47. The maximum atomic E-state index is 12.5. The molecule has 146 valence electrons. The van der Waals surface area contributed by atoms with Gasteiger partial charge in [0.15, 0.2) is 11.6 Å². The van der Waals surface area contributed by atoms with E-state index in [0.29, 0.717) is 36.4 Å². The van der Waals surface area contributed by atoms with E-state index in [4.69, 9.17) is 9.47 Å². The lowest BCUT2D eigenvalue weighted by Crippen LogP contribution is -2.13. The van der Waals surface area contributed by atoms with Crippen molar-refractivity contribution in [3.8, 4) is 11.4 Å². The number of methoxy groups -OCH3 is 1. The molecule has 2 aromatic carbocycles. The molecule has 0 fully saturated rings. The number of carbonyl (C=O) groups excluding carboxylic acids is 1. The van der Waals surface area contributed by atoms with Gasteiger partial charge in [0.25, 0.3) is 0 Å². The van der Waals surface area contributed by atoms with Crippen molar-refractivity contribution in [2.24, 2.45) is 0 Å². The normalized spacial score (nSPS) is 12.1. The van der Waals surface area contributed by atoms with E-state index in [0.717, 1.165) is 11.1 Å². The van der Waals surface area contributed by atoms with Crippen LogP contribution in [0.1, 0.15) is 22.8 Å². The molecule has 0 saturated carbocycles. The molecule has 3 aromatic rings. The van der Waals surface area contributed by atoms with Gasteiger partial charge in [-0.1, -0.05) is 66.4 Å². The van der Waals surface area contributed by atoms with E-state index in [1.807, 2.05) is 61.5 Å². The van der Waals surface area contributed by atoms with Crippen LogP contribution < -0.4 is 0 Å². The van der Waals surface area contributed by atoms with Gasteiger partial charge in [-0.25, -0.2) is 4.98 Å². The van der Waals surface area contributed by atoms with Crippen LogP contribution in [0.25, 0.3) is 11.4 Å². The predicted octanol–water partition coefficient (Wildman–Crippen LogP) is 4.00. The van der Waals surface area contributed by atoms with Crippen molar-refractivity contribution in [1.82, 2.24) is 15.2 Å². The third kappa shape index (κ3) is 5.51. The van der Waals surface area contributed by atoms with Gasteiger partial charge in [-0.15, -0.1) is 5.10 Å². The SMILES string of the molecule is COCCOCc1ccc(-c2nc(SC(C)C(=O)c3ccccc3)n[nH]2)cc1. The fraction of sp³-hybridized carbons (Fsp3) is 0.286. The lowest BCUT2D eigenvalue weighted by atomic mass is 10.1. The molecule has 3 rings (SSSR count). The molecule has 28 heavy (non-hydrogen) atoms. The second-order valence-corrected chi connectivity index (χ2v) is 7.51. The summed E-state index contributed by atoms with van der Waals surface area (Å²) in [5.41, 5.74) is 2.71. The Morgan fingerprint density at radius 2 is 1.86 bits per heavy atom. The second-order valence-electron chi connectivity index (χ2n) is 6.20. The lowest BCUT2D eigenvalue weighted by molar-refractivity contribution is 0.0617. The van der Waals surface area contributed by atoms with E-state index in [-0.39, 0.29) is 11.0 Å². The predicted molar refractivity (Wildman–Crippen MR) is 109 cm³/mol. The van der Waals surface area contributed by atoms with Crippen LogP contribution in [0, 0.1) is 0 Å². The second kappa shape index (κ2) is 10.2. The number of ether oxygens (including phenoxy) is 2. The van der Waals surface area contributed by atoms with Gasteiger partial charge in [-0.2, -0.15) is 0 Å². The zero-order valence-electron chi connectivity index (χ0n) is 15.9. The molecule has 1 N–H and O–H groups in total. The zero-order valence-corrected chi connectivity index (χ0v) is 16.7. The molecule has 0 radical (unpaired) electrons. The minimum atomic E-state index is -0.266. The first kappa shape index (κ1) is 20.3. The van der Waals surface area contributed by atoms with Crippen LogP contribution in [0.2, 0.25) is 0 Å². The number of aromatic amines is 1. The first-order valence-electron chi connectivity index (χ1n) is 9.01. The van der Waals surface area contributed by atoms with Gasteiger partial charge >= 0.3 is 0 Å². The number of benzene rings is 2. The van der Waals surface area contributed by atoms with Crippen LogP contribution in [0.3, 0.4) is 0 Å².